The molecule has 2 aromatic rings. The zero-order chi connectivity index (χ0) is 20.9. The second-order valence-electron chi connectivity index (χ2n) is 5.67. The molecular formula is C10H16N6O10P2. The first-order valence-corrected chi connectivity index (χ1v) is 10.4. The number of phosphoric acid groups is 2. The third-order valence-corrected chi connectivity index (χ3v) is 4.77. The Kier molecular flexibility index (Phi) is 5.46. The van der Waals surface area contributed by atoms with Crippen LogP contribution in [0.3, 0.4) is 0 Å². The second-order valence-corrected chi connectivity index (χ2v) is 8.11. The molecule has 3 rings (SSSR count). The number of rotatable bonds is 6. The average Bonchev–Trinajstić information content (AvgIpc) is 3.02. The molecule has 16 nitrogen and oxygen atoms in total. The van der Waals surface area contributed by atoms with Crippen molar-refractivity contribution in [2.75, 3.05) is 18.1 Å². The van der Waals surface area contributed by atoms with Crippen molar-refractivity contribution in [3.8, 4) is 0 Å². The Balaban J connectivity index is 1.98. The van der Waals surface area contributed by atoms with Gasteiger partial charge in [-0.2, -0.15) is 0 Å². The Hall–Kier alpha value is -1.71. The van der Waals surface area contributed by atoms with Gasteiger partial charge >= 0.3 is 15.6 Å². The van der Waals surface area contributed by atoms with E-state index in [4.69, 9.17) is 35.8 Å². The van der Waals surface area contributed by atoms with Gasteiger partial charge in [-0.15, -0.1) is 0 Å². The molecule has 156 valence electrons. The highest BCUT2D eigenvalue weighted by atomic mass is 32.2. The maximum Gasteiger partial charge on any atom is 0.470 e. The largest absolute Gasteiger partial charge is 0.470 e. The molecule has 28 heavy (non-hydrogen) atoms. The van der Waals surface area contributed by atoms with Crippen LogP contribution in [-0.2, 0) is 22.9 Å². The summed E-state index contributed by atoms with van der Waals surface area (Å²) in [4.78, 5) is 47.4. The highest BCUT2D eigenvalue weighted by Crippen LogP contribution is 2.46. The van der Waals surface area contributed by atoms with E-state index in [1.165, 1.54) is 0 Å². The van der Waals surface area contributed by atoms with Crippen molar-refractivity contribution in [3.05, 3.63) is 6.33 Å². The molecule has 2 aromatic heterocycles. The third-order valence-electron chi connectivity index (χ3n) is 3.76. The van der Waals surface area contributed by atoms with Gasteiger partial charge in [0.2, 0.25) is 5.95 Å². The Morgan fingerprint density at radius 2 is 1.86 bits per heavy atom. The smallest absolute Gasteiger partial charge is 0.386 e. The Morgan fingerprint density at radius 3 is 2.46 bits per heavy atom. The monoisotopic (exact) mass is 443 g/mol. The van der Waals surface area contributed by atoms with Crippen LogP contribution in [-0.4, -0.2) is 69.1 Å². The van der Waals surface area contributed by atoms with Crippen LogP contribution in [0.25, 0.3) is 11.2 Å². The van der Waals surface area contributed by atoms with Gasteiger partial charge in [-0.25, -0.2) is 24.1 Å². The molecule has 0 amide bonds. The molecule has 3 heterocycles. The first-order chi connectivity index (χ1) is 12.9. The normalized spacial score (nSPS) is 26.2. The molecule has 18 heteroatoms. The molecule has 0 bridgehead atoms. The lowest BCUT2D eigenvalue weighted by molar-refractivity contribution is -0.0492. The van der Waals surface area contributed by atoms with Crippen LogP contribution in [0.1, 0.15) is 6.23 Å². The van der Waals surface area contributed by atoms with Gasteiger partial charge in [-0.3, -0.25) is 13.6 Å². The number of nitrogens with two attached hydrogens (primary N) is 2. The van der Waals surface area contributed by atoms with E-state index in [2.05, 4.69) is 24.0 Å². The van der Waals surface area contributed by atoms with Gasteiger partial charge < -0.3 is 40.9 Å². The number of aliphatic hydroxyl groups excluding tert-OH is 1. The highest BCUT2D eigenvalue weighted by molar-refractivity contribution is 7.46. The topological polar surface area (TPSA) is 259 Å². The first-order valence-electron chi connectivity index (χ1n) is 7.39. The molecule has 4 atom stereocenters. The number of fused-ring (bicyclic) bond motifs is 1. The molecule has 1 aliphatic heterocycles. The summed E-state index contributed by atoms with van der Waals surface area (Å²) in [6.45, 7) is -0.855. The maximum atomic E-state index is 11.2. The van der Waals surface area contributed by atoms with E-state index in [1.54, 1.807) is 0 Å². The Morgan fingerprint density at radius 1 is 1.18 bits per heavy atom. The molecule has 0 spiro atoms. The zero-order valence-electron chi connectivity index (χ0n) is 13.7. The van der Waals surface area contributed by atoms with Crippen molar-refractivity contribution in [3.63, 3.8) is 0 Å². The van der Waals surface area contributed by atoms with Gasteiger partial charge in [-0.05, 0) is 0 Å². The minimum atomic E-state index is -5.12. The van der Waals surface area contributed by atoms with Crippen molar-refractivity contribution < 1.29 is 47.6 Å². The number of nitrogen functional groups attached to an aromatic ring is 2. The van der Waals surface area contributed by atoms with Crippen molar-refractivity contribution >= 4 is 38.6 Å². The number of aliphatic hydroxyl groups is 1. The van der Waals surface area contributed by atoms with Gasteiger partial charge in [0, 0.05) is 0 Å². The van der Waals surface area contributed by atoms with E-state index in [0.29, 0.717) is 0 Å². The lowest BCUT2D eigenvalue weighted by atomic mass is 10.1. The van der Waals surface area contributed by atoms with E-state index in [9.17, 15) is 14.2 Å². The lowest BCUT2D eigenvalue weighted by Gasteiger charge is -2.21. The number of anilines is 2. The van der Waals surface area contributed by atoms with Crippen LogP contribution >= 0.6 is 15.6 Å². The van der Waals surface area contributed by atoms with Crippen LogP contribution in [0.4, 0.5) is 11.8 Å². The standard InChI is InChI=1S/C10H16N6O10P2/c11-7-4-8(14-2-13-7)16(10(12)15-4)9-5(17)6(26-28(21,22)23)3(25-9)1-24-27(18,19)20/h2-3,5-6,9,17H,1H2,(H2,12,15)(H2,11,13,14)(H2,18,19,20)(H2,21,22,23)/t3-,5-,6-,9-/m1/s1/i27+1. The van der Waals surface area contributed by atoms with E-state index < -0.39 is 46.8 Å². The second kappa shape index (κ2) is 7.27. The molecule has 1 fully saturated rings. The number of phosphoric ester groups is 2. The number of ether oxygens (including phenoxy) is 1. The van der Waals surface area contributed by atoms with Gasteiger partial charge in [-0.1, -0.05) is 0 Å². The van der Waals surface area contributed by atoms with Crippen LogP contribution in [0.15, 0.2) is 6.33 Å². The minimum absolute atomic E-state index is 0.0210. The maximum absolute atomic E-state index is 11.2. The summed E-state index contributed by atoms with van der Waals surface area (Å²) in [6, 6.07) is 0. The first kappa shape index (κ1) is 21.0. The predicted molar refractivity (Wildman–Crippen MR) is 89.0 cm³/mol. The fourth-order valence-electron chi connectivity index (χ4n) is 2.72. The average molecular weight is 443 g/mol. The SMILES string of the molecule is Nc1ncnc2c1nc(N)n2[C@@H]1O[C@H](CO[32P](=O)(O)O)[C@@H](OP(=O)(O)O)[C@H]1O. The summed E-state index contributed by atoms with van der Waals surface area (Å²) < 4.78 is 37.5. The Labute approximate surface area is 155 Å². The quantitative estimate of drug-likeness (QED) is 0.234. The summed E-state index contributed by atoms with van der Waals surface area (Å²) >= 11 is 0. The Bertz CT molecular complexity index is 973. The molecule has 9 N–H and O–H groups in total. The minimum Gasteiger partial charge on any atom is -0.386 e. The fraction of sp³-hybridized carbons (Fsp3) is 0.500. The summed E-state index contributed by atoms with van der Waals surface area (Å²) in [5.74, 6) is -0.245. The molecule has 0 radical (unpaired) electrons. The van der Waals surface area contributed by atoms with Crippen LogP contribution in [0.2, 0.25) is 0 Å². The zero-order valence-corrected chi connectivity index (χ0v) is 15.5. The number of aromatic nitrogens is 4. The molecule has 1 aliphatic rings. The van der Waals surface area contributed by atoms with Crippen LogP contribution < -0.4 is 11.5 Å². The van der Waals surface area contributed by atoms with Crippen LogP contribution in [0.5, 0.6) is 0 Å². The van der Waals surface area contributed by atoms with Crippen LogP contribution in [0, 0.1) is 0 Å². The van der Waals surface area contributed by atoms with Gasteiger partial charge in [0.05, 0.1) is 6.61 Å². The number of hydrogen-bond donors (Lipinski definition) is 7. The molecule has 0 saturated carbocycles. The van der Waals surface area contributed by atoms with Gasteiger partial charge in [0.25, 0.3) is 0 Å². The number of imidazole rings is 1. The molecule has 1 saturated heterocycles. The molecule has 0 unspecified atom stereocenters. The molecule has 0 aliphatic carbocycles. The fourth-order valence-corrected chi connectivity index (χ4v) is 3.64. The summed E-state index contributed by atoms with van der Waals surface area (Å²) in [5.41, 5.74) is 11.6. The highest BCUT2D eigenvalue weighted by Gasteiger charge is 2.50. The van der Waals surface area contributed by atoms with Crippen molar-refractivity contribution in [2.45, 2.75) is 24.5 Å². The van der Waals surface area contributed by atoms with E-state index >= 15 is 0 Å². The summed E-state index contributed by atoms with van der Waals surface area (Å²) in [6.07, 6.45) is -5.32. The molecular weight excluding hydrogens is 427 g/mol. The number of hydrogen-bond acceptors (Lipinski definition) is 11. The van der Waals surface area contributed by atoms with Crippen molar-refractivity contribution in [1.29, 1.82) is 0 Å². The third kappa shape index (κ3) is 4.31. The summed E-state index contributed by atoms with van der Waals surface area (Å²) in [5, 5.41) is 10.5. The van der Waals surface area contributed by atoms with E-state index in [0.717, 1.165) is 10.9 Å². The van der Waals surface area contributed by atoms with Crippen molar-refractivity contribution in [2.24, 2.45) is 0 Å². The predicted octanol–water partition coefficient (Wildman–Crippen LogP) is -2.16. The van der Waals surface area contributed by atoms with E-state index in [1.807, 2.05) is 0 Å². The summed E-state index contributed by atoms with van der Waals surface area (Å²) in [7, 11) is -10.1. The molecule has 0 aromatic carbocycles. The van der Waals surface area contributed by atoms with Gasteiger partial charge in [0.15, 0.2) is 23.2 Å². The van der Waals surface area contributed by atoms with E-state index in [-0.39, 0.29) is 22.9 Å². The number of nitrogens with zero attached hydrogens (tertiary/aromatic N) is 4. The van der Waals surface area contributed by atoms with Crippen molar-refractivity contribution in [1.82, 2.24) is 19.5 Å². The van der Waals surface area contributed by atoms with Gasteiger partial charge in [0.1, 0.15) is 24.6 Å². The lowest BCUT2D eigenvalue weighted by Crippen LogP contribution is -2.36.